The third kappa shape index (κ3) is 2.12. The van der Waals surface area contributed by atoms with Gasteiger partial charge in [-0.1, -0.05) is 12.8 Å². The van der Waals surface area contributed by atoms with Gasteiger partial charge in [0, 0.05) is 19.0 Å². The summed E-state index contributed by atoms with van der Waals surface area (Å²) in [7, 11) is 0. The Labute approximate surface area is 87.9 Å². The van der Waals surface area contributed by atoms with Crippen molar-refractivity contribution in [3.8, 4) is 12.3 Å². The van der Waals surface area contributed by atoms with Gasteiger partial charge in [-0.15, -0.1) is 12.3 Å². The van der Waals surface area contributed by atoms with Crippen molar-refractivity contribution >= 4 is 0 Å². The van der Waals surface area contributed by atoms with Crippen molar-refractivity contribution in [3.63, 3.8) is 0 Å². The molecule has 1 unspecified atom stereocenters. The van der Waals surface area contributed by atoms with Gasteiger partial charge in [-0.25, -0.2) is 0 Å². The van der Waals surface area contributed by atoms with Crippen molar-refractivity contribution in [2.45, 2.75) is 51.0 Å². The number of rotatable bonds is 3. The molecular formula is C13H21N. The minimum absolute atomic E-state index is 0.880. The second-order valence-corrected chi connectivity index (χ2v) is 4.74. The van der Waals surface area contributed by atoms with Crippen LogP contribution in [0.5, 0.6) is 0 Å². The summed E-state index contributed by atoms with van der Waals surface area (Å²) in [5, 5.41) is 0. The number of hydrogen-bond donors (Lipinski definition) is 0. The molecule has 0 aromatic carbocycles. The van der Waals surface area contributed by atoms with E-state index in [0.29, 0.717) is 0 Å². The molecule has 0 spiro atoms. The molecule has 1 aliphatic carbocycles. The van der Waals surface area contributed by atoms with Crippen molar-refractivity contribution in [1.82, 2.24) is 4.90 Å². The molecule has 1 saturated heterocycles. The minimum atomic E-state index is 0.880. The van der Waals surface area contributed by atoms with E-state index in [-0.39, 0.29) is 0 Å². The maximum absolute atomic E-state index is 5.33. The molecule has 0 amide bonds. The molecule has 2 fully saturated rings. The van der Waals surface area contributed by atoms with Crippen molar-refractivity contribution in [2.24, 2.45) is 5.92 Å². The van der Waals surface area contributed by atoms with E-state index < -0.39 is 0 Å². The molecule has 0 bridgehead atoms. The predicted octanol–water partition coefficient (Wildman–Crippen LogP) is 2.66. The highest BCUT2D eigenvalue weighted by Crippen LogP contribution is 2.35. The Hall–Kier alpha value is -0.480. The van der Waals surface area contributed by atoms with Crippen LogP contribution in [-0.4, -0.2) is 24.0 Å². The Kier molecular flexibility index (Phi) is 3.48. The molecule has 1 heteroatoms. The van der Waals surface area contributed by atoms with Crippen LogP contribution in [0.1, 0.15) is 44.9 Å². The van der Waals surface area contributed by atoms with Crippen LogP contribution >= 0.6 is 0 Å². The van der Waals surface area contributed by atoms with Gasteiger partial charge in [0.2, 0.25) is 0 Å². The highest BCUT2D eigenvalue weighted by atomic mass is 15.2. The standard InChI is InChI=1S/C13H21N/c1-2-3-10-14-11-6-9-13(14)12-7-4-5-8-12/h1,12-13H,3-11H2. The summed E-state index contributed by atoms with van der Waals surface area (Å²) in [5.74, 6) is 3.76. The summed E-state index contributed by atoms with van der Waals surface area (Å²) in [6.45, 7) is 2.43. The molecule has 1 saturated carbocycles. The second kappa shape index (κ2) is 4.84. The molecule has 0 N–H and O–H groups in total. The number of likely N-dealkylation sites (tertiary alicyclic amines) is 1. The third-order valence-electron chi connectivity index (χ3n) is 3.90. The van der Waals surface area contributed by atoms with Crippen molar-refractivity contribution in [1.29, 1.82) is 0 Å². The number of terminal acetylenes is 1. The minimum Gasteiger partial charge on any atom is -0.299 e. The lowest BCUT2D eigenvalue weighted by atomic mass is 9.96. The Bertz CT molecular complexity index is 210. The lowest BCUT2D eigenvalue weighted by Gasteiger charge is -2.28. The van der Waals surface area contributed by atoms with Gasteiger partial charge >= 0.3 is 0 Å². The van der Waals surface area contributed by atoms with Crippen LogP contribution in [0.15, 0.2) is 0 Å². The molecule has 1 nitrogen and oxygen atoms in total. The van der Waals surface area contributed by atoms with Crippen LogP contribution in [0.3, 0.4) is 0 Å². The highest BCUT2D eigenvalue weighted by molar-refractivity contribution is 4.91. The van der Waals surface area contributed by atoms with Gasteiger partial charge in [-0.3, -0.25) is 4.90 Å². The van der Waals surface area contributed by atoms with Crippen LogP contribution in [0.25, 0.3) is 0 Å². The van der Waals surface area contributed by atoms with E-state index in [9.17, 15) is 0 Å². The van der Waals surface area contributed by atoms with Gasteiger partial charge in [-0.05, 0) is 38.1 Å². The van der Waals surface area contributed by atoms with Crippen LogP contribution in [-0.2, 0) is 0 Å². The molecule has 0 radical (unpaired) electrons. The van der Waals surface area contributed by atoms with E-state index >= 15 is 0 Å². The maximum atomic E-state index is 5.33. The summed E-state index contributed by atoms with van der Waals surface area (Å²) < 4.78 is 0. The average molecular weight is 191 g/mol. The molecular weight excluding hydrogens is 170 g/mol. The van der Waals surface area contributed by atoms with Crippen LogP contribution in [0, 0.1) is 18.3 Å². The van der Waals surface area contributed by atoms with Crippen molar-refractivity contribution < 1.29 is 0 Å². The lowest BCUT2D eigenvalue weighted by molar-refractivity contribution is 0.194. The summed E-state index contributed by atoms with van der Waals surface area (Å²) in [6.07, 6.45) is 14.9. The van der Waals surface area contributed by atoms with Gasteiger partial charge in [0.1, 0.15) is 0 Å². The van der Waals surface area contributed by atoms with Gasteiger partial charge in [0.15, 0.2) is 0 Å². The zero-order valence-electron chi connectivity index (χ0n) is 9.04. The quantitative estimate of drug-likeness (QED) is 0.620. The zero-order valence-corrected chi connectivity index (χ0v) is 9.04. The van der Waals surface area contributed by atoms with Gasteiger partial charge in [0.25, 0.3) is 0 Å². The van der Waals surface area contributed by atoms with Crippen molar-refractivity contribution in [2.75, 3.05) is 13.1 Å². The van der Waals surface area contributed by atoms with Crippen LogP contribution in [0.2, 0.25) is 0 Å². The van der Waals surface area contributed by atoms with E-state index in [4.69, 9.17) is 6.42 Å². The fourth-order valence-electron chi connectivity index (χ4n) is 3.21. The fraction of sp³-hybridized carbons (Fsp3) is 0.846. The first-order chi connectivity index (χ1) is 6.92. The molecule has 1 atom stereocenters. The Morgan fingerprint density at radius 1 is 1.14 bits per heavy atom. The molecule has 0 aromatic rings. The maximum Gasteiger partial charge on any atom is 0.0214 e. The van der Waals surface area contributed by atoms with Crippen molar-refractivity contribution in [3.05, 3.63) is 0 Å². The average Bonchev–Trinajstić information content (AvgIpc) is 2.84. The normalized spacial score (nSPS) is 29.5. The first-order valence-electron chi connectivity index (χ1n) is 6.09. The summed E-state index contributed by atoms with van der Waals surface area (Å²) in [6, 6.07) is 0.880. The monoisotopic (exact) mass is 191 g/mol. The molecule has 2 aliphatic rings. The fourth-order valence-corrected chi connectivity index (χ4v) is 3.21. The summed E-state index contributed by atoms with van der Waals surface area (Å²) in [5.41, 5.74) is 0. The molecule has 1 aliphatic heterocycles. The van der Waals surface area contributed by atoms with Gasteiger partial charge in [0.05, 0.1) is 0 Å². The molecule has 78 valence electrons. The smallest absolute Gasteiger partial charge is 0.0214 e. The number of nitrogens with zero attached hydrogens (tertiary/aromatic N) is 1. The summed E-state index contributed by atoms with van der Waals surface area (Å²) in [4.78, 5) is 2.65. The van der Waals surface area contributed by atoms with E-state index in [0.717, 1.165) is 24.9 Å². The molecule has 0 aromatic heterocycles. The van der Waals surface area contributed by atoms with Gasteiger partial charge in [-0.2, -0.15) is 0 Å². The first-order valence-corrected chi connectivity index (χ1v) is 6.09. The highest BCUT2D eigenvalue weighted by Gasteiger charge is 2.32. The Balaban J connectivity index is 1.86. The zero-order chi connectivity index (χ0) is 9.80. The van der Waals surface area contributed by atoms with Crippen LogP contribution < -0.4 is 0 Å². The predicted molar refractivity (Wildman–Crippen MR) is 60.0 cm³/mol. The number of hydrogen-bond acceptors (Lipinski definition) is 1. The Morgan fingerprint density at radius 3 is 2.64 bits per heavy atom. The van der Waals surface area contributed by atoms with E-state index in [1.54, 1.807) is 0 Å². The molecule has 1 heterocycles. The Morgan fingerprint density at radius 2 is 1.93 bits per heavy atom. The largest absolute Gasteiger partial charge is 0.299 e. The summed E-state index contributed by atoms with van der Waals surface area (Å²) >= 11 is 0. The van der Waals surface area contributed by atoms with E-state index in [2.05, 4.69) is 10.8 Å². The molecule has 14 heavy (non-hydrogen) atoms. The molecule has 2 rings (SSSR count). The van der Waals surface area contributed by atoms with E-state index in [1.807, 2.05) is 0 Å². The second-order valence-electron chi connectivity index (χ2n) is 4.74. The third-order valence-corrected chi connectivity index (χ3v) is 3.90. The lowest BCUT2D eigenvalue weighted by Crippen LogP contribution is -2.35. The van der Waals surface area contributed by atoms with E-state index in [1.165, 1.54) is 45.1 Å². The topological polar surface area (TPSA) is 3.24 Å². The van der Waals surface area contributed by atoms with Gasteiger partial charge < -0.3 is 0 Å². The van der Waals surface area contributed by atoms with Crippen LogP contribution in [0.4, 0.5) is 0 Å². The SMILES string of the molecule is C#CCCN1CCCC1C1CCCC1. The first kappa shape index (κ1) is 10.1.